The standard InChI is InChI=1S/C11H13ClN4/c1-13-6-10-8-16(15-14-10)7-9-4-2-3-5-11(9)12/h2-5,8,13H,6-7H2,1H3. The average Bonchev–Trinajstić information content (AvgIpc) is 2.70. The highest BCUT2D eigenvalue weighted by Crippen LogP contribution is 2.15. The second-order valence-corrected chi connectivity index (χ2v) is 3.94. The van der Waals surface area contributed by atoms with Gasteiger partial charge in [0.25, 0.3) is 0 Å². The Bertz CT molecular complexity index is 467. The van der Waals surface area contributed by atoms with Crippen molar-refractivity contribution in [3.8, 4) is 0 Å². The van der Waals surface area contributed by atoms with Gasteiger partial charge in [-0.25, -0.2) is 4.68 Å². The highest BCUT2D eigenvalue weighted by molar-refractivity contribution is 6.31. The first-order chi connectivity index (χ1) is 7.79. The molecular formula is C11H13ClN4. The van der Waals surface area contributed by atoms with Gasteiger partial charge in [-0.2, -0.15) is 0 Å². The second kappa shape index (κ2) is 5.09. The lowest BCUT2D eigenvalue weighted by Gasteiger charge is -2.02. The molecule has 0 aliphatic carbocycles. The lowest BCUT2D eigenvalue weighted by atomic mass is 10.2. The van der Waals surface area contributed by atoms with Crippen molar-refractivity contribution in [1.82, 2.24) is 20.3 Å². The van der Waals surface area contributed by atoms with Crippen molar-refractivity contribution in [3.63, 3.8) is 0 Å². The number of rotatable bonds is 4. The summed E-state index contributed by atoms with van der Waals surface area (Å²) >= 11 is 6.07. The zero-order valence-electron chi connectivity index (χ0n) is 9.02. The van der Waals surface area contributed by atoms with Gasteiger partial charge >= 0.3 is 0 Å². The Morgan fingerprint density at radius 2 is 2.19 bits per heavy atom. The van der Waals surface area contributed by atoms with Crippen LogP contribution in [-0.2, 0) is 13.1 Å². The number of nitrogens with one attached hydrogen (secondary N) is 1. The minimum atomic E-state index is 0.649. The molecule has 5 heteroatoms. The molecule has 1 aromatic carbocycles. The molecule has 1 aromatic heterocycles. The smallest absolute Gasteiger partial charge is 0.0964 e. The van der Waals surface area contributed by atoms with Crippen LogP contribution in [0.25, 0.3) is 0 Å². The van der Waals surface area contributed by atoms with Gasteiger partial charge in [-0.05, 0) is 18.7 Å². The lowest BCUT2D eigenvalue weighted by Crippen LogP contribution is -2.05. The van der Waals surface area contributed by atoms with Crippen LogP contribution >= 0.6 is 11.6 Å². The van der Waals surface area contributed by atoms with Crippen LogP contribution in [0.15, 0.2) is 30.5 Å². The lowest BCUT2D eigenvalue weighted by molar-refractivity contribution is 0.649. The average molecular weight is 237 g/mol. The fourth-order valence-corrected chi connectivity index (χ4v) is 1.67. The molecule has 1 heterocycles. The zero-order chi connectivity index (χ0) is 11.4. The van der Waals surface area contributed by atoms with E-state index >= 15 is 0 Å². The predicted molar refractivity (Wildman–Crippen MR) is 63.3 cm³/mol. The van der Waals surface area contributed by atoms with Gasteiger partial charge < -0.3 is 5.32 Å². The van der Waals surface area contributed by atoms with Gasteiger partial charge in [-0.15, -0.1) is 5.10 Å². The molecule has 0 radical (unpaired) electrons. The van der Waals surface area contributed by atoms with E-state index in [1.807, 2.05) is 37.5 Å². The number of halogens is 1. The molecule has 84 valence electrons. The largest absolute Gasteiger partial charge is 0.314 e. The van der Waals surface area contributed by atoms with Gasteiger partial charge in [0.15, 0.2) is 0 Å². The van der Waals surface area contributed by atoms with E-state index in [1.54, 1.807) is 4.68 Å². The predicted octanol–water partition coefficient (Wildman–Crippen LogP) is 1.70. The summed E-state index contributed by atoms with van der Waals surface area (Å²) in [6.07, 6.45) is 1.92. The number of aromatic nitrogens is 3. The Labute approximate surface area is 99.2 Å². The maximum absolute atomic E-state index is 6.07. The van der Waals surface area contributed by atoms with Crippen molar-refractivity contribution < 1.29 is 0 Å². The van der Waals surface area contributed by atoms with Crippen molar-refractivity contribution in [2.24, 2.45) is 0 Å². The molecule has 0 saturated carbocycles. The maximum Gasteiger partial charge on any atom is 0.0964 e. The van der Waals surface area contributed by atoms with Crippen LogP contribution in [0.1, 0.15) is 11.3 Å². The molecule has 4 nitrogen and oxygen atoms in total. The summed E-state index contributed by atoms with van der Waals surface area (Å²) in [6, 6.07) is 7.75. The fourth-order valence-electron chi connectivity index (χ4n) is 1.48. The maximum atomic E-state index is 6.07. The second-order valence-electron chi connectivity index (χ2n) is 3.53. The van der Waals surface area contributed by atoms with Crippen molar-refractivity contribution >= 4 is 11.6 Å². The van der Waals surface area contributed by atoms with Gasteiger partial charge in [0.1, 0.15) is 0 Å². The molecule has 0 aliphatic heterocycles. The van der Waals surface area contributed by atoms with Gasteiger partial charge in [0.05, 0.1) is 18.4 Å². The van der Waals surface area contributed by atoms with Crippen molar-refractivity contribution in [3.05, 3.63) is 46.7 Å². The molecule has 0 atom stereocenters. The van der Waals surface area contributed by atoms with E-state index in [1.165, 1.54) is 0 Å². The molecule has 0 spiro atoms. The van der Waals surface area contributed by atoms with Crippen LogP contribution in [0, 0.1) is 0 Å². The molecular weight excluding hydrogens is 224 g/mol. The fraction of sp³-hybridized carbons (Fsp3) is 0.273. The monoisotopic (exact) mass is 236 g/mol. The Balaban J connectivity index is 2.11. The van der Waals surface area contributed by atoms with Gasteiger partial charge in [-0.1, -0.05) is 35.0 Å². The molecule has 16 heavy (non-hydrogen) atoms. The highest BCUT2D eigenvalue weighted by Gasteiger charge is 2.03. The van der Waals surface area contributed by atoms with Crippen LogP contribution in [0.4, 0.5) is 0 Å². The quantitative estimate of drug-likeness (QED) is 0.879. The molecule has 0 unspecified atom stereocenters. The van der Waals surface area contributed by atoms with Crippen LogP contribution in [0.5, 0.6) is 0 Å². The minimum Gasteiger partial charge on any atom is -0.314 e. The van der Waals surface area contributed by atoms with Gasteiger partial charge in [-0.3, -0.25) is 0 Å². The summed E-state index contributed by atoms with van der Waals surface area (Å²) in [5.41, 5.74) is 1.97. The molecule has 0 saturated heterocycles. The molecule has 0 amide bonds. The summed E-state index contributed by atoms with van der Waals surface area (Å²) in [4.78, 5) is 0. The third-order valence-electron chi connectivity index (χ3n) is 2.23. The molecule has 2 rings (SSSR count). The van der Waals surface area contributed by atoms with Crippen molar-refractivity contribution in [2.45, 2.75) is 13.1 Å². The topological polar surface area (TPSA) is 42.7 Å². The van der Waals surface area contributed by atoms with Gasteiger partial charge in [0, 0.05) is 11.6 Å². The normalized spacial score (nSPS) is 10.6. The Morgan fingerprint density at radius 3 is 2.94 bits per heavy atom. The van der Waals surface area contributed by atoms with E-state index in [9.17, 15) is 0 Å². The third-order valence-corrected chi connectivity index (χ3v) is 2.60. The third kappa shape index (κ3) is 2.59. The SMILES string of the molecule is CNCc1cn(Cc2ccccc2Cl)nn1. The van der Waals surface area contributed by atoms with Crippen LogP contribution in [0.2, 0.25) is 5.02 Å². The van der Waals surface area contributed by atoms with E-state index in [2.05, 4.69) is 15.6 Å². The summed E-state index contributed by atoms with van der Waals surface area (Å²) in [6.45, 7) is 1.37. The number of hydrogen-bond acceptors (Lipinski definition) is 3. The molecule has 0 bridgehead atoms. The zero-order valence-corrected chi connectivity index (χ0v) is 9.78. The van der Waals surface area contributed by atoms with Crippen LogP contribution in [-0.4, -0.2) is 22.0 Å². The first-order valence-electron chi connectivity index (χ1n) is 5.06. The molecule has 2 aromatic rings. The number of hydrogen-bond donors (Lipinski definition) is 1. The summed E-state index contributed by atoms with van der Waals surface area (Å²) in [7, 11) is 1.88. The van der Waals surface area contributed by atoms with Crippen molar-refractivity contribution in [1.29, 1.82) is 0 Å². The Hall–Kier alpha value is -1.39. The first-order valence-corrected chi connectivity index (χ1v) is 5.44. The summed E-state index contributed by atoms with van der Waals surface area (Å²) < 4.78 is 1.79. The van der Waals surface area contributed by atoms with Crippen molar-refractivity contribution in [2.75, 3.05) is 7.05 Å². The summed E-state index contributed by atoms with van der Waals surface area (Å²) in [5.74, 6) is 0. The van der Waals surface area contributed by atoms with Crippen LogP contribution in [0.3, 0.4) is 0 Å². The molecule has 1 N–H and O–H groups in total. The highest BCUT2D eigenvalue weighted by atomic mass is 35.5. The van der Waals surface area contributed by atoms with E-state index in [4.69, 9.17) is 11.6 Å². The Morgan fingerprint density at radius 1 is 1.38 bits per heavy atom. The molecule has 0 aliphatic rings. The number of benzene rings is 1. The van der Waals surface area contributed by atoms with E-state index in [0.717, 1.165) is 22.8 Å². The Kier molecular flexibility index (Phi) is 3.54. The first kappa shape index (κ1) is 11.1. The summed E-state index contributed by atoms with van der Waals surface area (Å²) in [5, 5.41) is 11.9. The molecule has 0 fully saturated rings. The van der Waals surface area contributed by atoms with E-state index < -0.39 is 0 Å². The van der Waals surface area contributed by atoms with Crippen LogP contribution < -0.4 is 5.32 Å². The number of nitrogens with zero attached hydrogens (tertiary/aromatic N) is 3. The minimum absolute atomic E-state index is 0.649. The van der Waals surface area contributed by atoms with Gasteiger partial charge in [0.2, 0.25) is 0 Å². The van der Waals surface area contributed by atoms with E-state index in [0.29, 0.717) is 6.54 Å². The van der Waals surface area contributed by atoms with E-state index in [-0.39, 0.29) is 0 Å².